The quantitative estimate of drug-likeness (QED) is 0.232. The molecule has 0 saturated carbocycles. The van der Waals surface area contributed by atoms with E-state index in [-0.39, 0.29) is 43.8 Å². The number of anilines is 1. The first kappa shape index (κ1) is 25.2. The molecule has 0 aliphatic heterocycles. The lowest BCUT2D eigenvalue weighted by Gasteiger charge is -2.12. The van der Waals surface area contributed by atoms with E-state index in [1.54, 1.807) is 30.3 Å². The summed E-state index contributed by atoms with van der Waals surface area (Å²) in [6.45, 7) is -0.0474. The first-order chi connectivity index (χ1) is 17.0. The molecule has 4 rings (SSSR count). The zero-order valence-corrected chi connectivity index (χ0v) is 20.3. The fourth-order valence-electron chi connectivity index (χ4n) is 3.42. The highest BCUT2D eigenvalue weighted by molar-refractivity contribution is 9.10. The zero-order chi connectivity index (χ0) is 26.2. The average Bonchev–Trinajstić information content (AvgIpc) is 3.37. The number of amides is 2. The van der Waals surface area contributed by atoms with Crippen molar-refractivity contribution in [1.82, 2.24) is 14.8 Å². The summed E-state index contributed by atoms with van der Waals surface area (Å²) in [7, 11) is 0. The molecule has 0 bridgehead atoms. The Labute approximate surface area is 212 Å². The second kappa shape index (κ2) is 9.66. The van der Waals surface area contributed by atoms with Crippen LogP contribution in [0.1, 0.15) is 21.8 Å². The van der Waals surface area contributed by atoms with Crippen molar-refractivity contribution in [3.8, 4) is 11.1 Å². The van der Waals surface area contributed by atoms with Gasteiger partial charge in [0, 0.05) is 11.8 Å². The lowest BCUT2D eigenvalue weighted by Crippen LogP contribution is -2.18. The number of carbonyl (C=O) groups is 2. The van der Waals surface area contributed by atoms with Crippen molar-refractivity contribution in [1.29, 1.82) is 0 Å². The first-order valence-electron chi connectivity index (χ1n) is 10.0. The molecule has 0 atom stereocenters. The molecule has 4 aromatic rings. The van der Waals surface area contributed by atoms with E-state index >= 15 is 0 Å². The summed E-state index contributed by atoms with van der Waals surface area (Å²) in [5.74, 6) is -1.99. The third-order valence-electron chi connectivity index (χ3n) is 4.97. The maximum Gasteiger partial charge on any atom is 0.433 e. The minimum absolute atomic E-state index is 0.0474. The van der Waals surface area contributed by atoms with Gasteiger partial charge in [-0.25, -0.2) is 4.98 Å². The molecular weight excluding hydrogens is 569 g/mol. The van der Waals surface area contributed by atoms with Gasteiger partial charge in [-0.2, -0.15) is 17.9 Å². The molecule has 0 fully saturated rings. The highest BCUT2D eigenvalue weighted by Crippen LogP contribution is 2.43. The van der Waals surface area contributed by atoms with Crippen LogP contribution in [0.4, 0.5) is 24.7 Å². The van der Waals surface area contributed by atoms with Crippen LogP contribution in [0.15, 0.2) is 47.1 Å². The number of aryl methyl sites for hydroxylation is 1. The number of hydrogen-bond donors (Lipinski definition) is 2. The number of primary amides is 1. The van der Waals surface area contributed by atoms with Crippen LogP contribution in [0, 0.1) is 10.1 Å². The smallest absolute Gasteiger partial charge is 0.365 e. The minimum atomic E-state index is -4.75. The molecule has 0 unspecified atom stereocenters. The molecule has 0 spiro atoms. The van der Waals surface area contributed by atoms with E-state index in [0.29, 0.717) is 16.9 Å². The van der Waals surface area contributed by atoms with Crippen LogP contribution in [0.5, 0.6) is 0 Å². The van der Waals surface area contributed by atoms with E-state index < -0.39 is 34.4 Å². The summed E-state index contributed by atoms with van der Waals surface area (Å²) in [4.78, 5) is 38.5. The zero-order valence-electron chi connectivity index (χ0n) is 17.9. The Morgan fingerprint density at radius 2 is 1.94 bits per heavy atom. The molecule has 0 aliphatic rings. The van der Waals surface area contributed by atoms with Gasteiger partial charge in [0.2, 0.25) is 5.91 Å². The minimum Gasteiger partial charge on any atom is -0.365 e. The monoisotopic (exact) mass is 582 g/mol. The third-order valence-corrected chi connectivity index (χ3v) is 6.62. The van der Waals surface area contributed by atoms with E-state index in [1.165, 1.54) is 10.9 Å². The van der Waals surface area contributed by atoms with Crippen molar-refractivity contribution in [2.24, 2.45) is 5.73 Å². The average molecular weight is 583 g/mol. The van der Waals surface area contributed by atoms with Crippen molar-refractivity contribution in [3.05, 3.63) is 67.8 Å². The van der Waals surface area contributed by atoms with Crippen molar-refractivity contribution < 1.29 is 27.7 Å². The number of pyridine rings is 1. The summed E-state index contributed by atoms with van der Waals surface area (Å²) in [6, 6.07) is 8.99. The molecule has 2 amide bonds. The molecule has 186 valence electrons. The Morgan fingerprint density at radius 1 is 1.25 bits per heavy atom. The van der Waals surface area contributed by atoms with Crippen LogP contribution >= 0.6 is 27.3 Å². The second-order valence-corrected chi connectivity index (χ2v) is 9.24. The van der Waals surface area contributed by atoms with Crippen molar-refractivity contribution in [2.75, 3.05) is 5.32 Å². The first-order valence-corrected chi connectivity index (χ1v) is 11.6. The Morgan fingerprint density at radius 3 is 2.53 bits per heavy atom. The number of rotatable bonds is 7. The lowest BCUT2D eigenvalue weighted by molar-refractivity contribution is -0.390. The topological polar surface area (TPSA) is 146 Å². The van der Waals surface area contributed by atoms with Crippen LogP contribution in [0.3, 0.4) is 0 Å². The number of nitro groups is 1. The molecular formula is C21H14BrF3N6O4S. The van der Waals surface area contributed by atoms with E-state index in [4.69, 9.17) is 5.73 Å². The van der Waals surface area contributed by atoms with Gasteiger partial charge < -0.3 is 21.2 Å². The van der Waals surface area contributed by atoms with Crippen LogP contribution in [0.2, 0.25) is 0 Å². The van der Waals surface area contributed by atoms with Crippen LogP contribution in [-0.4, -0.2) is 31.5 Å². The van der Waals surface area contributed by atoms with E-state index in [9.17, 15) is 32.9 Å². The SMILES string of the molecule is NC(=O)c1sc2nc(C(F)(F)F)cc(-c3ccccc3)c2c1NC(=O)CCn1cc(Br)c([N+](=O)[O-])n1. The molecule has 36 heavy (non-hydrogen) atoms. The molecule has 1 aromatic carbocycles. The summed E-state index contributed by atoms with van der Waals surface area (Å²) < 4.78 is 42.0. The number of nitrogens with one attached hydrogen (secondary N) is 1. The van der Waals surface area contributed by atoms with Gasteiger partial charge in [-0.05, 0) is 38.0 Å². The lowest BCUT2D eigenvalue weighted by atomic mass is 10.0. The number of thiophene rings is 1. The van der Waals surface area contributed by atoms with Gasteiger partial charge in [0.1, 0.15) is 19.9 Å². The van der Waals surface area contributed by atoms with Gasteiger partial charge >= 0.3 is 12.0 Å². The van der Waals surface area contributed by atoms with Gasteiger partial charge in [-0.15, -0.1) is 11.3 Å². The van der Waals surface area contributed by atoms with Crippen molar-refractivity contribution >= 4 is 60.8 Å². The normalized spacial score (nSPS) is 11.6. The molecule has 15 heteroatoms. The molecule has 10 nitrogen and oxygen atoms in total. The fourth-order valence-corrected chi connectivity index (χ4v) is 4.89. The van der Waals surface area contributed by atoms with Gasteiger partial charge in [-0.1, -0.05) is 30.3 Å². The number of benzene rings is 1. The number of fused-ring (bicyclic) bond motifs is 1. The maximum atomic E-state index is 13.6. The predicted octanol–water partition coefficient (Wildman–Crippen LogP) is 4.98. The van der Waals surface area contributed by atoms with E-state index in [0.717, 1.165) is 6.07 Å². The molecule has 3 N–H and O–H groups in total. The highest BCUT2D eigenvalue weighted by atomic mass is 79.9. The summed E-state index contributed by atoms with van der Waals surface area (Å²) in [5.41, 5.74) is 4.77. The number of aromatic nitrogens is 3. The van der Waals surface area contributed by atoms with Crippen molar-refractivity contribution in [2.45, 2.75) is 19.1 Å². The highest BCUT2D eigenvalue weighted by Gasteiger charge is 2.35. The van der Waals surface area contributed by atoms with Gasteiger partial charge in [0.05, 0.1) is 23.5 Å². The number of hydrogen-bond acceptors (Lipinski definition) is 7. The van der Waals surface area contributed by atoms with Gasteiger partial charge in [0.25, 0.3) is 5.91 Å². The number of carbonyl (C=O) groups excluding carboxylic acids is 2. The van der Waals surface area contributed by atoms with Crippen molar-refractivity contribution in [3.63, 3.8) is 0 Å². The Kier molecular flexibility index (Phi) is 6.77. The fraction of sp³-hybridized carbons (Fsp3) is 0.143. The molecule has 0 aliphatic carbocycles. The van der Waals surface area contributed by atoms with E-state index in [2.05, 4.69) is 31.3 Å². The molecule has 3 aromatic heterocycles. The van der Waals surface area contributed by atoms with E-state index in [1.807, 2.05) is 0 Å². The summed E-state index contributed by atoms with van der Waals surface area (Å²) in [6.07, 6.45) is -3.63. The van der Waals surface area contributed by atoms with Crippen LogP contribution in [-0.2, 0) is 17.5 Å². The Balaban J connectivity index is 1.75. The molecule has 3 heterocycles. The predicted molar refractivity (Wildman–Crippen MR) is 128 cm³/mol. The number of nitrogens with two attached hydrogens (primary N) is 1. The van der Waals surface area contributed by atoms with Crippen LogP contribution < -0.4 is 11.1 Å². The largest absolute Gasteiger partial charge is 0.433 e. The standard InChI is InChI=1S/C21H14BrF3N6O4S/c22-12-9-30(29-19(12)31(34)35)7-6-14(32)28-16-15-11(10-4-2-1-3-5-10)8-13(21(23,24)25)27-20(15)36-17(16)18(26)33/h1-5,8-9H,6-7H2,(H2,26,33)(H,28,32). The Bertz CT molecular complexity index is 1500. The number of alkyl halides is 3. The van der Waals surface area contributed by atoms with Crippen LogP contribution in [0.25, 0.3) is 21.3 Å². The van der Waals surface area contributed by atoms with Gasteiger partial charge in [-0.3, -0.25) is 9.59 Å². The Hall–Kier alpha value is -3.85. The second-order valence-electron chi connectivity index (χ2n) is 7.39. The number of halogens is 4. The summed E-state index contributed by atoms with van der Waals surface area (Å²) in [5, 5.41) is 17.4. The maximum absolute atomic E-state index is 13.6. The van der Waals surface area contributed by atoms with Gasteiger partial charge in [0.15, 0.2) is 0 Å². The number of nitrogens with zero attached hydrogens (tertiary/aromatic N) is 4. The molecule has 0 saturated heterocycles. The third kappa shape index (κ3) is 5.06. The summed E-state index contributed by atoms with van der Waals surface area (Å²) >= 11 is 3.65. The molecule has 0 radical (unpaired) electrons.